The van der Waals surface area contributed by atoms with Gasteiger partial charge in [0.05, 0.1) is 0 Å². The monoisotopic (exact) mass is 283 g/mol. The molecule has 0 N–H and O–H groups in total. The molecule has 0 radical (unpaired) electrons. The average molecular weight is 283 g/mol. The van der Waals surface area contributed by atoms with Gasteiger partial charge in [0.1, 0.15) is 6.07 Å². The molecular weight excluding hydrogens is 270 g/mol. The van der Waals surface area contributed by atoms with Crippen LogP contribution in [0.2, 0.25) is 0 Å². The van der Waals surface area contributed by atoms with Gasteiger partial charge in [0.15, 0.2) is 6.10 Å². The molecule has 20 heavy (non-hydrogen) atoms. The molecule has 0 saturated heterocycles. The summed E-state index contributed by atoms with van der Waals surface area (Å²) in [6.07, 6.45) is 2.31. The Morgan fingerprint density at radius 3 is 2.75 bits per heavy atom. The molecule has 0 spiro atoms. The number of hydrogen-bond acceptors (Lipinski definition) is 4. The van der Waals surface area contributed by atoms with Gasteiger partial charge in [-0.3, -0.25) is 0 Å². The third-order valence-electron chi connectivity index (χ3n) is 2.54. The Hall–Kier alpha value is -2.38. The highest BCUT2D eigenvalue weighted by Gasteiger charge is 2.05. The smallest absolute Gasteiger partial charge is 0.332 e. The number of esters is 1. The summed E-state index contributed by atoms with van der Waals surface area (Å²) in [6.45, 7) is 1.53. The summed E-state index contributed by atoms with van der Waals surface area (Å²) < 4.78 is 4.83. The second-order valence-electron chi connectivity index (χ2n) is 4.11. The molecule has 1 aromatic heterocycles. The minimum absolute atomic E-state index is 0.506. The number of rotatable bonds is 4. The summed E-state index contributed by atoms with van der Waals surface area (Å²) in [6, 6.07) is 15.9. The van der Waals surface area contributed by atoms with Gasteiger partial charge in [-0.05, 0) is 30.7 Å². The van der Waals surface area contributed by atoms with E-state index in [1.165, 1.54) is 13.0 Å². The van der Waals surface area contributed by atoms with Crippen LogP contribution in [-0.2, 0) is 9.53 Å². The summed E-state index contributed by atoms with van der Waals surface area (Å²) in [7, 11) is 0. The number of nitrogens with zero attached hydrogens (tertiary/aromatic N) is 1. The maximum absolute atomic E-state index is 11.4. The van der Waals surface area contributed by atoms with E-state index in [4.69, 9.17) is 10.00 Å². The topological polar surface area (TPSA) is 50.1 Å². The van der Waals surface area contributed by atoms with Crippen LogP contribution in [-0.4, -0.2) is 12.1 Å². The predicted molar refractivity (Wildman–Crippen MR) is 80.0 cm³/mol. The minimum Gasteiger partial charge on any atom is -0.444 e. The number of carbonyl (C=O) groups excluding carboxylic acids is 1. The van der Waals surface area contributed by atoms with Gasteiger partial charge in [0.2, 0.25) is 0 Å². The van der Waals surface area contributed by atoms with E-state index in [1.54, 1.807) is 17.4 Å². The van der Waals surface area contributed by atoms with Crippen molar-refractivity contribution in [3.63, 3.8) is 0 Å². The van der Waals surface area contributed by atoms with Gasteiger partial charge in [-0.1, -0.05) is 30.3 Å². The second kappa shape index (κ2) is 6.69. The van der Waals surface area contributed by atoms with E-state index in [-0.39, 0.29) is 0 Å². The van der Waals surface area contributed by atoms with Crippen LogP contribution in [0.25, 0.3) is 16.5 Å². The summed E-state index contributed by atoms with van der Waals surface area (Å²) in [5.74, 6) is -0.506. The molecule has 0 amide bonds. The SMILES string of the molecule is C[C@@H](C#N)OC(=O)/C=C/c1ccc(-c2ccccc2)s1. The van der Waals surface area contributed by atoms with Gasteiger partial charge in [0.25, 0.3) is 0 Å². The lowest BCUT2D eigenvalue weighted by Gasteiger charge is -2.00. The van der Waals surface area contributed by atoms with E-state index >= 15 is 0 Å². The van der Waals surface area contributed by atoms with E-state index in [0.717, 1.165) is 15.3 Å². The van der Waals surface area contributed by atoms with Gasteiger partial charge in [-0.15, -0.1) is 11.3 Å². The maximum atomic E-state index is 11.4. The molecule has 2 rings (SSSR count). The van der Waals surface area contributed by atoms with Crippen LogP contribution in [0.5, 0.6) is 0 Å². The summed E-state index contributed by atoms with van der Waals surface area (Å²) in [5, 5.41) is 8.55. The standard InChI is InChI=1S/C16H13NO2S/c1-12(11-17)19-16(18)10-8-14-7-9-15(20-14)13-5-3-2-4-6-13/h2-10,12H,1H3/b10-8+/t12-/m0/s1. The number of ether oxygens (including phenoxy) is 1. The normalized spacial score (nSPS) is 12.0. The first-order valence-corrected chi connectivity index (χ1v) is 6.94. The van der Waals surface area contributed by atoms with Crippen molar-refractivity contribution in [2.75, 3.05) is 0 Å². The van der Waals surface area contributed by atoms with Crippen LogP contribution in [0.15, 0.2) is 48.5 Å². The fraction of sp³-hybridized carbons (Fsp3) is 0.125. The molecule has 1 heterocycles. The molecule has 3 nitrogen and oxygen atoms in total. The summed E-state index contributed by atoms with van der Waals surface area (Å²) in [5.41, 5.74) is 1.15. The van der Waals surface area contributed by atoms with Crippen LogP contribution >= 0.6 is 11.3 Å². The van der Waals surface area contributed by atoms with Crippen molar-refractivity contribution in [3.05, 3.63) is 53.4 Å². The summed E-state index contributed by atoms with van der Waals surface area (Å²) in [4.78, 5) is 13.5. The van der Waals surface area contributed by atoms with Crippen molar-refractivity contribution in [1.29, 1.82) is 5.26 Å². The Kier molecular flexibility index (Phi) is 4.70. The van der Waals surface area contributed by atoms with E-state index in [2.05, 4.69) is 0 Å². The lowest BCUT2D eigenvalue weighted by atomic mass is 10.2. The Bertz CT molecular complexity index is 653. The number of nitriles is 1. The first-order chi connectivity index (χ1) is 9.69. The first kappa shape index (κ1) is 14.0. The molecule has 4 heteroatoms. The largest absolute Gasteiger partial charge is 0.444 e. The fourth-order valence-corrected chi connectivity index (χ4v) is 2.51. The Morgan fingerprint density at radius 1 is 1.30 bits per heavy atom. The highest BCUT2D eigenvalue weighted by Crippen LogP contribution is 2.28. The van der Waals surface area contributed by atoms with Crippen LogP contribution in [0.4, 0.5) is 0 Å². The quantitative estimate of drug-likeness (QED) is 0.632. The number of benzene rings is 1. The van der Waals surface area contributed by atoms with Crippen molar-refractivity contribution in [2.24, 2.45) is 0 Å². The number of carbonyl (C=O) groups is 1. The first-order valence-electron chi connectivity index (χ1n) is 6.12. The molecule has 1 aromatic carbocycles. The van der Waals surface area contributed by atoms with E-state index in [1.807, 2.05) is 48.5 Å². The molecule has 0 fully saturated rings. The molecule has 0 bridgehead atoms. The molecule has 0 aliphatic heterocycles. The molecular formula is C16H13NO2S. The van der Waals surface area contributed by atoms with Gasteiger partial charge < -0.3 is 4.74 Å². The molecule has 1 atom stereocenters. The van der Waals surface area contributed by atoms with Crippen molar-refractivity contribution in [1.82, 2.24) is 0 Å². The molecule has 0 aliphatic carbocycles. The van der Waals surface area contributed by atoms with Crippen molar-refractivity contribution >= 4 is 23.4 Å². The zero-order chi connectivity index (χ0) is 14.4. The van der Waals surface area contributed by atoms with E-state index in [0.29, 0.717) is 0 Å². The Labute approximate surface area is 121 Å². The minimum atomic E-state index is -0.727. The molecule has 2 aromatic rings. The zero-order valence-corrected chi connectivity index (χ0v) is 11.8. The maximum Gasteiger partial charge on any atom is 0.332 e. The van der Waals surface area contributed by atoms with Crippen molar-refractivity contribution in [3.8, 4) is 16.5 Å². The molecule has 0 saturated carbocycles. The van der Waals surface area contributed by atoms with Crippen LogP contribution in [0, 0.1) is 11.3 Å². The zero-order valence-electron chi connectivity index (χ0n) is 10.9. The average Bonchev–Trinajstić information content (AvgIpc) is 2.95. The lowest BCUT2D eigenvalue weighted by molar-refractivity contribution is -0.139. The van der Waals surface area contributed by atoms with Gasteiger partial charge in [0, 0.05) is 15.8 Å². The van der Waals surface area contributed by atoms with Gasteiger partial charge in [-0.25, -0.2) is 4.79 Å². The number of thiophene rings is 1. The van der Waals surface area contributed by atoms with Gasteiger partial charge in [-0.2, -0.15) is 5.26 Å². The Morgan fingerprint density at radius 2 is 2.05 bits per heavy atom. The molecule has 0 unspecified atom stereocenters. The third-order valence-corrected chi connectivity index (χ3v) is 3.64. The second-order valence-corrected chi connectivity index (χ2v) is 5.22. The Balaban J connectivity index is 2.03. The highest BCUT2D eigenvalue weighted by atomic mass is 32.1. The lowest BCUT2D eigenvalue weighted by Crippen LogP contribution is -2.09. The highest BCUT2D eigenvalue weighted by molar-refractivity contribution is 7.16. The fourth-order valence-electron chi connectivity index (χ4n) is 1.59. The van der Waals surface area contributed by atoms with Crippen LogP contribution < -0.4 is 0 Å². The van der Waals surface area contributed by atoms with Crippen LogP contribution in [0.1, 0.15) is 11.8 Å². The number of hydrogen-bond donors (Lipinski definition) is 0. The summed E-state index contributed by atoms with van der Waals surface area (Å²) >= 11 is 1.59. The molecule has 100 valence electrons. The van der Waals surface area contributed by atoms with Crippen LogP contribution in [0.3, 0.4) is 0 Å². The van der Waals surface area contributed by atoms with E-state index in [9.17, 15) is 4.79 Å². The van der Waals surface area contributed by atoms with E-state index < -0.39 is 12.1 Å². The third kappa shape index (κ3) is 3.81. The molecule has 0 aliphatic rings. The van der Waals surface area contributed by atoms with Gasteiger partial charge >= 0.3 is 5.97 Å². The van der Waals surface area contributed by atoms with Crippen molar-refractivity contribution < 1.29 is 9.53 Å². The predicted octanol–water partition coefficient (Wildman–Crippen LogP) is 3.88. The van der Waals surface area contributed by atoms with Crippen molar-refractivity contribution in [2.45, 2.75) is 13.0 Å².